The van der Waals surface area contributed by atoms with Crippen LogP contribution in [-0.2, 0) is 43.9 Å². The van der Waals surface area contributed by atoms with Gasteiger partial charge in [0.25, 0.3) is 20.2 Å². The van der Waals surface area contributed by atoms with E-state index in [1.54, 1.807) is 0 Å². The summed E-state index contributed by atoms with van der Waals surface area (Å²) in [5.74, 6) is -0.626. The fourth-order valence-electron chi connectivity index (χ4n) is 5.21. The Morgan fingerprint density at radius 3 is 1.11 bits per heavy atom. The number of ether oxygens (including phenoxy) is 5. The molecule has 0 rings (SSSR count). The van der Waals surface area contributed by atoms with E-state index in [2.05, 4.69) is 13.8 Å². The standard InChI is InChI=1S/C34H70O11S2/c1-3-5-7-9-11-13-15-17-21-33(31-42-23-19-29-46(35,36)37)44-27-25-41-26-28-45-34(32-43-24-20-30-47(38,39)40)22-18-16-14-12-10-8-6-4-2/h33-34H,3-32H2,1-2H3,(H,35,36,37)(H,38,39,40). The largest absolute Gasteiger partial charge is 0.379 e. The van der Waals surface area contributed by atoms with Crippen LogP contribution in [0.4, 0.5) is 0 Å². The molecule has 2 N–H and O–H groups in total. The molecular formula is C34H70O11S2. The third kappa shape index (κ3) is 38.3. The van der Waals surface area contributed by atoms with E-state index in [0.29, 0.717) is 39.6 Å². The highest BCUT2D eigenvalue weighted by Crippen LogP contribution is 2.14. The molecule has 0 bridgehead atoms. The zero-order chi connectivity index (χ0) is 34.9. The quantitative estimate of drug-likeness (QED) is 0.0484. The highest BCUT2D eigenvalue weighted by molar-refractivity contribution is 7.86. The third-order valence-corrected chi connectivity index (χ3v) is 9.52. The van der Waals surface area contributed by atoms with Crippen LogP contribution in [0.5, 0.6) is 0 Å². The molecule has 0 aliphatic heterocycles. The summed E-state index contributed by atoms with van der Waals surface area (Å²) in [6.07, 6.45) is 21.6. The summed E-state index contributed by atoms with van der Waals surface area (Å²) in [6.45, 7) is 7.32. The molecule has 47 heavy (non-hydrogen) atoms. The van der Waals surface area contributed by atoms with Crippen molar-refractivity contribution in [1.29, 1.82) is 0 Å². The van der Waals surface area contributed by atoms with Crippen LogP contribution in [-0.4, -0.2) is 103 Å². The van der Waals surface area contributed by atoms with Crippen LogP contribution >= 0.6 is 0 Å². The molecule has 0 fully saturated rings. The van der Waals surface area contributed by atoms with E-state index in [4.69, 9.17) is 32.8 Å². The molecule has 0 saturated heterocycles. The van der Waals surface area contributed by atoms with Crippen LogP contribution in [0.25, 0.3) is 0 Å². The van der Waals surface area contributed by atoms with Crippen LogP contribution in [0.1, 0.15) is 142 Å². The lowest BCUT2D eigenvalue weighted by molar-refractivity contribution is -0.0624. The van der Waals surface area contributed by atoms with Crippen molar-refractivity contribution in [2.45, 2.75) is 154 Å². The molecule has 0 aliphatic carbocycles. The van der Waals surface area contributed by atoms with Crippen LogP contribution in [0, 0.1) is 0 Å². The van der Waals surface area contributed by atoms with Crippen molar-refractivity contribution in [2.24, 2.45) is 0 Å². The van der Waals surface area contributed by atoms with Gasteiger partial charge in [0.2, 0.25) is 0 Å². The van der Waals surface area contributed by atoms with Gasteiger partial charge in [-0.05, 0) is 25.7 Å². The third-order valence-electron chi connectivity index (χ3n) is 7.91. The molecule has 0 aromatic rings. The fourth-order valence-corrected chi connectivity index (χ4v) is 6.17. The van der Waals surface area contributed by atoms with Crippen molar-refractivity contribution in [3.8, 4) is 0 Å². The maximum atomic E-state index is 10.9. The SMILES string of the molecule is CCCCCCCCCCC(COCCCS(=O)(=O)O)OCCOCCOC(CCCCCCCCCC)COCCCS(=O)(=O)O. The molecule has 11 nitrogen and oxygen atoms in total. The molecule has 2 unspecified atom stereocenters. The summed E-state index contributed by atoms with van der Waals surface area (Å²) >= 11 is 0. The zero-order valence-corrected chi connectivity index (χ0v) is 31.4. The fraction of sp³-hybridized carbons (Fsp3) is 1.00. The number of rotatable bonds is 38. The van der Waals surface area contributed by atoms with Gasteiger partial charge in [-0.1, -0.05) is 117 Å². The van der Waals surface area contributed by atoms with Crippen LogP contribution in [0.3, 0.4) is 0 Å². The molecule has 0 amide bonds. The number of hydrogen-bond acceptors (Lipinski definition) is 9. The van der Waals surface area contributed by atoms with Gasteiger partial charge in [-0.3, -0.25) is 9.11 Å². The van der Waals surface area contributed by atoms with Crippen LogP contribution in [0.2, 0.25) is 0 Å². The van der Waals surface area contributed by atoms with Crippen molar-refractivity contribution in [3.63, 3.8) is 0 Å². The number of unbranched alkanes of at least 4 members (excludes halogenated alkanes) is 14. The van der Waals surface area contributed by atoms with Gasteiger partial charge in [0, 0.05) is 13.2 Å². The monoisotopic (exact) mass is 718 g/mol. The Balaban J connectivity index is 4.39. The lowest BCUT2D eigenvalue weighted by atomic mass is 10.1. The summed E-state index contributed by atoms with van der Waals surface area (Å²) in [5.41, 5.74) is 0. The minimum atomic E-state index is -3.98. The molecule has 0 heterocycles. The Morgan fingerprint density at radius 2 is 0.766 bits per heavy atom. The predicted molar refractivity (Wildman–Crippen MR) is 188 cm³/mol. The lowest BCUT2D eigenvalue weighted by Gasteiger charge is -2.19. The van der Waals surface area contributed by atoms with Gasteiger partial charge in [0.05, 0.1) is 63.4 Å². The Labute approximate surface area is 288 Å². The average Bonchev–Trinajstić information content (AvgIpc) is 3.00. The second-order valence-corrected chi connectivity index (χ2v) is 15.7. The second-order valence-electron chi connectivity index (χ2n) is 12.6. The van der Waals surface area contributed by atoms with Crippen LogP contribution < -0.4 is 0 Å². The minimum absolute atomic E-state index is 0.102. The Bertz CT molecular complexity index is 799. The molecule has 0 saturated carbocycles. The molecule has 0 aromatic heterocycles. The van der Waals surface area contributed by atoms with Crippen molar-refractivity contribution in [3.05, 3.63) is 0 Å². The van der Waals surface area contributed by atoms with E-state index >= 15 is 0 Å². The van der Waals surface area contributed by atoms with Gasteiger partial charge in [-0.2, -0.15) is 16.8 Å². The summed E-state index contributed by atoms with van der Waals surface area (Å²) in [5, 5.41) is 0. The van der Waals surface area contributed by atoms with E-state index in [1.165, 1.54) is 77.0 Å². The normalized spacial score (nSPS) is 13.7. The molecule has 0 aliphatic rings. The van der Waals surface area contributed by atoms with Crippen molar-refractivity contribution in [2.75, 3.05) is 64.4 Å². The predicted octanol–water partition coefficient (Wildman–Crippen LogP) is 7.42. The molecule has 2 atom stereocenters. The van der Waals surface area contributed by atoms with Crippen molar-refractivity contribution >= 4 is 20.2 Å². The molecule has 0 spiro atoms. The van der Waals surface area contributed by atoms with Gasteiger partial charge in [0.15, 0.2) is 0 Å². The smallest absolute Gasteiger partial charge is 0.264 e. The molecule has 0 aromatic carbocycles. The van der Waals surface area contributed by atoms with Crippen molar-refractivity contribution in [1.82, 2.24) is 0 Å². The zero-order valence-electron chi connectivity index (χ0n) is 29.8. The summed E-state index contributed by atoms with van der Waals surface area (Å²) in [4.78, 5) is 0. The lowest BCUT2D eigenvalue weighted by Crippen LogP contribution is -2.24. The van der Waals surface area contributed by atoms with Gasteiger partial charge in [-0.15, -0.1) is 0 Å². The van der Waals surface area contributed by atoms with E-state index < -0.39 is 20.2 Å². The van der Waals surface area contributed by atoms with Crippen molar-refractivity contribution < 1.29 is 49.6 Å². The minimum Gasteiger partial charge on any atom is -0.379 e. The summed E-state index contributed by atoms with van der Waals surface area (Å²) in [7, 11) is -7.96. The topological polar surface area (TPSA) is 155 Å². The maximum Gasteiger partial charge on any atom is 0.264 e. The van der Waals surface area contributed by atoms with E-state index in [0.717, 1.165) is 38.5 Å². The van der Waals surface area contributed by atoms with E-state index in [9.17, 15) is 16.8 Å². The van der Waals surface area contributed by atoms with Gasteiger partial charge >= 0.3 is 0 Å². The average molecular weight is 719 g/mol. The first kappa shape index (κ1) is 46.6. The first-order chi connectivity index (χ1) is 22.6. The first-order valence-electron chi connectivity index (χ1n) is 18.4. The molecule has 0 radical (unpaired) electrons. The van der Waals surface area contributed by atoms with Gasteiger partial charge < -0.3 is 23.7 Å². The number of hydrogen-bond donors (Lipinski definition) is 2. The van der Waals surface area contributed by atoms with Gasteiger partial charge in [-0.25, -0.2) is 0 Å². The second kappa shape index (κ2) is 32.8. The summed E-state index contributed by atoms with van der Waals surface area (Å²) < 4.78 is 90.7. The highest BCUT2D eigenvalue weighted by atomic mass is 32.2. The van der Waals surface area contributed by atoms with Crippen LogP contribution in [0.15, 0.2) is 0 Å². The highest BCUT2D eigenvalue weighted by Gasteiger charge is 2.13. The van der Waals surface area contributed by atoms with E-state index in [-0.39, 0.29) is 49.8 Å². The molecule has 13 heteroatoms. The molecular weight excluding hydrogens is 648 g/mol. The Hall–Kier alpha value is -0.380. The maximum absolute atomic E-state index is 10.9. The van der Waals surface area contributed by atoms with E-state index in [1.807, 2.05) is 0 Å². The van der Waals surface area contributed by atoms with Gasteiger partial charge in [0.1, 0.15) is 0 Å². The Morgan fingerprint density at radius 1 is 0.426 bits per heavy atom. The summed E-state index contributed by atoms with van der Waals surface area (Å²) in [6, 6.07) is 0. The first-order valence-corrected chi connectivity index (χ1v) is 21.7. The Kier molecular flexibility index (Phi) is 32.5. The molecule has 284 valence electrons.